The third-order valence-electron chi connectivity index (χ3n) is 1.88. The highest BCUT2D eigenvalue weighted by Gasteiger charge is 2.16. The van der Waals surface area contributed by atoms with E-state index in [4.69, 9.17) is 4.84 Å². The van der Waals surface area contributed by atoms with E-state index in [-0.39, 0.29) is 5.91 Å². The molecule has 1 rings (SSSR count). The maximum atomic E-state index is 11.3. The number of amides is 1. The minimum absolute atomic E-state index is 0.00926. The molecular weight excluding hydrogens is 142 g/mol. The van der Waals surface area contributed by atoms with Crippen LogP contribution in [0.15, 0.2) is 11.6 Å². The molecule has 0 heterocycles. The standard InChI is InChI=1S/C8H13NO2/c1-9(11-2)8(10)7-5-3-4-6-7/h5H,3-4,6H2,1-2H3. The van der Waals surface area contributed by atoms with Gasteiger partial charge in [-0.2, -0.15) is 0 Å². The highest BCUT2D eigenvalue weighted by Crippen LogP contribution is 2.18. The molecule has 0 saturated heterocycles. The highest BCUT2D eigenvalue weighted by molar-refractivity contribution is 5.92. The normalized spacial score (nSPS) is 16.4. The van der Waals surface area contributed by atoms with Crippen LogP contribution in [0.5, 0.6) is 0 Å². The van der Waals surface area contributed by atoms with Gasteiger partial charge >= 0.3 is 0 Å². The first-order valence-corrected chi connectivity index (χ1v) is 3.77. The average Bonchev–Trinajstić information content (AvgIpc) is 2.53. The number of allylic oxidation sites excluding steroid dienone is 1. The Morgan fingerprint density at radius 2 is 2.45 bits per heavy atom. The summed E-state index contributed by atoms with van der Waals surface area (Å²) < 4.78 is 0. The van der Waals surface area contributed by atoms with E-state index < -0.39 is 0 Å². The number of carbonyl (C=O) groups is 1. The van der Waals surface area contributed by atoms with Crippen molar-refractivity contribution in [3.63, 3.8) is 0 Å². The van der Waals surface area contributed by atoms with Crippen molar-refractivity contribution in [1.82, 2.24) is 5.06 Å². The fourth-order valence-corrected chi connectivity index (χ4v) is 1.15. The van der Waals surface area contributed by atoms with Gasteiger partial charge in [0, 0.05) is 12.6 Å². The van der Waals surface area contributed by atoms with Crippen molar-refractivity contribution in [1.29, 1.82) is 0 Å². The number of carbonyl (C=O) groups excluding carboxylic acids is 1. The monoisotopic (exact) mass is 155 g/mol. The van der Waals surface area contributed by atoms with Crippen molar-refractivity contribution in [2.24, 2.45) is 0 Å². The van der Waals surface area contributed by atoms with Crippen LogP contribution in [0.3, 0.4) is 0 Å². The smallest absolute Gasteiger partial charge is 0.272 e. The number of hydrogen-bond donors (Lipinski definition) is 0. The van der Waals surface area contributed by atoms with E-state index >= 15 is 0 Å². The van der Waals surface area contributed by atoms with Gasteiger partial charge in [-0.05, 0) is 19.3 Å². The van der Waals surface area contributed by atoms with E-state index in [0.29, 0.717) is 0 Å². The molecule has 1 aliphatic carbocycles. The van der Waals surface area contributed by atoms with Crippen LogP contribution >= 0.6 is 0 Å². The fraction of sp³-hybridized carbons (Fsp3) is 0.625. The lowest BCUT2D eigenvalue weighted by molar-refractivity contribution is -0.164. The van der Waals surface area contributed by atoms with E-state index in [1.807, 2.05) is 6.08 Å². The average molecular weight is 155 g/mol. The lowest BCUT2D eigenvalue weighted by Gasteiger charge is -2.13. The van der Waals surface area contributed by atoms with E-state index in [0.717, 1.165) is 24.8 Å². The van der Waals surface area contributed by atoms with Crippen molar-refractivity contribution >= 4 is 5.91 Å². The topological polar surface area (TPSA) is 29.5 Å². The summed E-state index contributed by atoms with van der Waals surface area (Å²) in [5.41, 5.74) is 0.884. The zero-order chi connectivity index (χ0) is 8.27. The molecule has 0 saturated carbocycles. The quantitative estimate of drug-likeness (QED) is 0.559. The second-order valence-electron chi connectivity index (χ2n) is 2.61. The lowest BCUT2D eigenvalue weighted by Crippen LogP contribution is -2.26. The minimum Gasteiger partial charge on any atom is -0.274 e. The molecule has 0 unspecified atom stereocenters. The van der Waals surface area contributed by atoms with Gasteiger partial charge < -0.3 is 0 Å². The van der Waals surface area contributed by atoms with Crippen molar-refractivity contribution in [3.8, 4) is 0 Å². The van der Waals surface area contributed by atoms with E-state index in [2.05, 4.69) is 0 Å². The predicted octanol–water partition coefficient (Wildman–Crippen LogP) is 1.12. The van der Waals surface area contributed by atoms with Crippen LogP contribution in [0.4, 0.5) is 0 Å². The molecule has 1 amide bonds. The molecule has 0 radical (unpaired) electrons. The Labute approximate surface area is 66.6 Å². The summed E-state index contributed by atoms with van der Waals surface area (Å²) in [6, 6.07) is 0. The Hall–Kier alpha value is -0.830. The maximum absolute atomic E-state index is 11.3. The minimum atomic E-state index is -0.00926. The number of hydrogen-bond acceptors (Lipinski definition) is 2. The summed E-state index contributed by atoms with van der Waals surface area (Å²) >= 11 is 0. The molecule has 1 aliphatic rings. The molecule has 0 N–H and O–H groups in total. The van der Waals surface area contributed by atoms with Gasteiger partial charge in [0.15, 0.2) is 0 Å². The molecule has 3 nitrogen and oxygen atoms in total. The Kier molecular flexibility index (Phi) is 2.65. The third kappa shape index (κ3) is 1.80. The number of nitrogens with zero attached hydrogens (tertiary/aromatic N) is 1. The molecule has 0 aliphatic heterocycles. The summed E-state index contributed by atoms with van der Waals surface area (Å²) in [5.74, 6) is -0.00926. The number of rotatable bonds is 2. The van der Waals surface area contributed by atoms with Gasteiger partial charge in [0.25, 0.3) is 5.91 Å². The largest absolute Gasteiger partial charge is 0.274 e. The molecule has 0 bridgehead atoms. The van der Waals surface area contributed by atoms with Gasteiger partial charge in [-0.15, -0.1) is 0 Å². The van der Waals surface area contributed by atoms with Crippen LogP contribution in [0, 0.1) is 0 Å². The van der Waals surface area contributed by atoms with Crippen molar-refractivity contribution < 1.29 is 9.63 Å². The van der Waals surface area contributed by atoms with Gasteiger partial charge in [-0.3, -0.25) is 9.63 Å². The van der Waals surface area contributed by atoms with Gasteiger partial charge in [0.1, 0.15) is 0 Å². The number of likely N-dealkylation sites (N-methyl/N-ethyl adjacent to an activating group) is 1. The second-order valence-corrected chi connectivity index (χ2v) is 2.61. The van der Waals surface area contributed by atoms with E-state index in [1.165, 1.54) is 12.2 Å². The summed E-state index contributed by atoms with van der Waals surface area (Å²) in [4.78, 5) is 16.1. The van der Waals surface area contributed by atoms with Crippen molar-refractivity contribution in [3.05, 3.63) is 11.6 Å². The summed E-state index contributed by atoms with van der Waals surface area (Å²) in [6.07, 6.45) is 5.00. The second kappa shape index (κ2) is 3.53. The summed E-state index contributed by atoms with van der Waals surface area (Å²) in [5, 5.41) is 1.26. The number of hydroxylamine groups is 2. The molecule has 0 aromatic carbocycles. The predicted molar refractivity (Wildman–Crippen MR) is 41.7 cm³/mol. The third-order valence-corrected chi connectivity index (χ3v) is 1.88. The van der Waals surface area contributed by atoms with Crippen LogP contribution < -0.4 is 0 Å². The Bertz CT molecular complexity index is 187. The Morgan fingerprint density at radius 1 is 1.73 bits per heavy atom. The molecule has 0 fully saturated rings. The molecule has 0 aromatic rings. The van der Waals surface area contributed by atoms with Crippen LogP contribution in [-0.2, 0) is 9.63 Å². The van der Waals surface area contributed by atoms with E-state index in [9.17, 15) is 4.79 Å². The van der Waals surface area contributed by atoms with Crippen LogP contribution in [0.1, 0.15) is 19.3 Å². The van der Waals surface area contributed by atoms with Gasteiger partial charge in [0.2, 0.25) is 0 Å². The molecular formula is C8H13NO2. The molecule has 0 spiro atoms. The molecule has 3 heteroatoms. The fourth-order valence-electron chi connectivity index (χ4n) is 1.15. The van der Waals surface area contributed by atoms with Crippen LogP contribution in [-0.4, -0.2) is 25.1 Å². The zero-order valence-corrected chi connectivity index (χ0v) is 6.96. The van der Waals surface area contributed by atoms with Gasteiger partial charge in [0.05, 0.1) is 7.11 Å². The zero-order valence-electron chi connectivity index (χ0n) is 6.96. The molecule has 0 atom stereocenters. The Balaban J connectivity index is 2.53. The SMILES string of the molecule is CON(C)C(=O)C1=CCCC1. The highest BCUT2D eigenvalue weighted by atomic mass is 16.7. The maximum Gasteiger partial charge on any atom is 0.272 e. The first-order chi connectivity index (χ1) is 5.25. The van der Waals surface area contributed by atoms with Crippen molar-refractivity contribution in [2.75, 3.05) is 14.2 Å². The van der Waals surface area contributed by atoms with Crippen LogP contribution in [0.2, 0.25) is 0 Å². The van der Waals surface area contributed by atoms with Crippen molar-refractivity contribution in [2.45, 2.75) is 19.3 Å². The molecule has 62 valence electrons. The van der Waals surface area contributed by atoms with E-state index in [1.54, 1.807) is 7.05 Å². The van der Waals surface area contributed by atoms with Gasteiger partial charge in [-0.25, -0.2) is 5.06 Å². The van der Waals surface area contributed by atoms with Crippen LogP contribution in [0.25, 0.3) is 0 Å². The summed E-state index contributed by atoms with van der Waals surface area (Å²) in [7, 11) is 3.12. The summed E-state index contributed by atoms with van der Waals surface area (Å²) in [6.45, 7) is 0. The molecule has 11 heavy (non-hydrogen) atoms. The first-order valence-electron chi connectivity index (χ1n) is 3.77. The first kappa shape index (κ1) is 8.27. The Morgan fingerprint density at radius 3 is 2.91 bits per heavy atom. The lowest BCUT2D eigenvalue weighted by atomic mass is 10.2. The molecule has 0 aromatic heterocycles. The van der Waals surface area contributed by atoms with Gasteiger partial charge in [-0.1, -0.05) is 6.08 Å².